The Hall–Kier alpha value is -1.49. The van der Waals surface area contributed by atoms with Crippen molar-refractivity contribution in [2.45, 2.75) is 63.6 Å². The fourth-order valence-corrected chi connectivity index (χ4v) is 2.69. The maximum absolute atomic E-state index is 11.9. The summed E-state index contributed by atoms with van der Waals surface area (Å²) in [5.74, 6) is 0.534. The zero-order valence-corrected chi connectivity index (χ0v) is 12.0. The van der Waals surface area contributed by atoms with Crippen LogP contribution in [-0.4, -0.2) is 23.2 Å². The molecule has 2 atom stereocenters. The van der Waals surface area contributed by atoms with Gasteiger partial charge in [0.15, 0.2) is 0 Å². The molecule has 1 heterocycles. The van der Waals surface area contributed by atoms with Gasteiger partial charge in [-0.25, -0.2) is 4.79 Å². The molecule has 2 amide bonds. The minimum atomic E-state index is -0.685. The highest BCUT2D eigenvalue weighted by molar-refractivity contribution is 5.74. The van der Waals surface area contributed by atoms with E-state index in [4.69, 9.17) is 4.42 Å². The lowest BCUT2D eigenvalue weighted by molar-refractivity contribution is 0.129. The zero-order valence-electron chi connectivity index (χ0n) is 12.0. The monoisotopic (exact) mass is 280 g/mol. The molecular formula is C15H24N2O3. The fourth-order valence-electron chi connectivity index (χ4n) is 2.69. The number of aliphatic hydroxyl groups is 1. The van der Waals surface area contributed by atoms with Gasteiger partial charge in [0, 0.05) is 18.5 Å². The molecule has 5 heteroatoms. The summed E-state index contributed by atoms with van der Waals surface area (Å²) in [5, 5.41) is 15.8. The molecule has 1 aliphatic rings. The van der Waals surface area contributed by atoms with E-state index in [-0.39, 0.29) is 12.1 Å². The first-order chi connectivity index (χ1) is 9.65. The SMILES string of the molecule is CC(CC(O)c1ccco1)NC(=O)NC1CCCCC1. The maximum Gasteiger partial charge on any atom is 0.315 e. The van der Waals surface area contributed by atoms with Crippen LogP contribution in [0.3, 0.4) is 0 Å². The second-order valence-corrected chi connectivity index (χ2v) is 5.62. The van der Waals surface area contributed by atoms with E-state index in [1.807, 2.05) is 6.92 Å². The van der Waals surface area contributed by atoms with E-state index < -0.39 is 6.10 Å². The number of hydrogen-bond donors (Lipinski definition) is 3. The average Bonchev–Trinajstić information content (AvgIpc) is 2.93. The number of rotatable bonds is 5. The molecule has 0 radical (unpaired) electrons. The molecule has 1 aromatic heterocycles. The van der Waals surface area contributed by atoms with Gasteiger partial charge in [0.1, 0.15) is 11.9 Å². The number of nitrogens with one attached hydrogen (secondary N) is 2. The molecule has 0 bridgehead atoms. The van der Waals surface area contributed by atoms with E-state index in [1.54, 1.807) is 12.1 Å². The van der Waals surface area contributed by atoms with Crippen LogP contribution in [0, 0.1) is 0 Å². The van der Waals surface area contributed by atoms with E-state index in [2.05, 4.69) is 10.6 Å². The van der Waals surface area contributed by atoms with Crippen LogP contribution in [0.15, 0.2) is 22.8 Å². The van der Waals surface area contributed by atoms with Gasteiger partial charge in [0.05, 0.1) is 6.26 Å². The quantitative estimate of drug-likeness (QED) is 0.776. The first-order valence-electron chi connectivity index (χ1n) is 7.43. The maximum atomic E-state index is 11.9. The second kappa shape index (κ2) is 7.33. The molecule has 0 aromatic carbocycles. The molecule has 1 saturated carbocycles. The minimum absolute atomic E-state index is 0.112. The van der Waals surface area contributed by atoms with Gasteiger partial charge in [-0.2, -0.15) is 0 Å². The number of carbonyl (C=O) groups is 1. The molecule has 5 nitrogen and oxygen atoms in total. The Kier molecular flexibility index (Phi) is 5.47. The van der Waals surface area contributed by atoms with Crippen molar-refractivity contribution in [3.63, 3.8) is 0 Å². The number of urea groups is 1. The molecule has 1 fully saturated rings. The van der Waals surface area contributed by atoms with Gasteiger partial charge < -0.3 is 20.2 Å². The number of furan rings is 1. The Morgan fingerprint density at radius 2 is 2.20 bits per heavy atom. The summed E-state index contributed by atoms with van der Waals surface area (Å²) in [6.45, 7) is 1.88. The van der Waals surface area contributed by atoms with Crippen LogP contribution in [-0.2, 0) is 0 Å². The molecule has 20 heavy (non-hydrogen) atoms. The minimum Gasteiger partial charge on any atom is -0.467 e. The molecule has 112 valence electrons. The summed E-state index contributed by atoms with van der Waals surface area (Å²) < 4.78 is 5.14. The molecule has 0 aliphatic heterocycles. The third kappa shape index (κ3) is 4.56. The van der Waals surface area contributed by atoms with E-state index in [0.29, 0.717) is 18.2 Å². The van der Waals surface area contributed by atoms with Gasteiger partial charge in [0.25, 0.3) is 0 Å². The Morgan fingerprint density at radius 1 is 1.45 bits per heavy atom. The van der Waals surface area contributed by atoms with Crippen molar-refractivity contribution in [2.24, 2.45) is 0 Å². The van der Waals surface area contributed by atoms with Crippen LogP contribution in [0.1, 0.15) is 57.3 Å². The average molecular weight is 280 g/mol. The lowest BCUT2D eigenvalue weighted by Crippen LogP contribution is -2.46. The summed E-state index contributed by atoms with van der Waals surface area (Å²) in [4.78, 5) is 11.9. The number of carbonyl (C=O) groups excluding carboxylic acids is 1. The van der Waals surface area contributed by atoms with E-state index in [1.165, 1.54) is 25.5 Å². The highest BCUT2D eigenvalue weighted by atomic mass is 16.4. The second-order valence-electron chi connectivity index (χ2n) is 5.62. The van der Waals surface area contributed by atoms with Gasteiger partial charge in [-0.3, -0.25) is 0 Å². The summed E-state index contributed by atoms with van der Waals surface area (Å²) in [6, 6.07) is 3.52. The third-order valence-corrected chi connectivity index (χ3v) is 3.77. The van der Waals surface area contributed by atoms with Crippen LogP contribution in [0.25, 0.3) is 0 Å². The molecule has 0 spiro atoms. The third-order valence-electron chi connectivity index (χ3n) is 3.77. The van der Waals surface area contributed by atoms with Crippen LogP contribution in [0.2, 0.25) is 0 Å². The standard InChI is InChI=1S/C15H24N2O3/c1-11(10-13(18)14-8-5-9-20-14)16-15(19)17-12-6-3-2-4-7-12/h5,8-9,11-13,18H,2-4,6-7,10H2,1H3,(H2,16,17,19). The summed E-state index contributed by atoms with van der Waals surface area (Å²) in [7, 11) is 0. The van der Waals surface area contributed by atoms with Gasteiger partial charge in [-0.1, -0.05) is 19.3 Å². The molecular weight excluding hydrogens is 256 g/mol. The van der Waals surface area contributed by atoms with Crippen molar-refractivity contribution in [1.82, 2.24) is 10.6 Å². The molecule has 1 aromatic rings. The fraction of sp³-hybridized carbons (Fsp3) is 0.667. The van der Waals surface area contributed by atoms with E-state index in [0.717, 1.165) is 12.8 Å². The molecule has 0 saturated heterocycles. The summed E-state index contributed by atoms with van der Waals surface area (Å²) in [6.07, 6.45) is 7.07. The van der Waals surface area contributed by atoms with Crippen molar-refractivity contribution in [2.75, 3.05) is 0 Å². The molecule has 2 unspecified atom stereocenters. The Morgan fingerprint density at radius 3 is 2.85 bits per heavy atom. The normalized spacial score (nSPS) is 19.3. The number of hydrogen-bond acceptors (Lipinski definition) is 3. The van der Waals surface area contributed by atoms with Gasteiger partial charge in [-0.15, -0.1) is 0 Å². The lowest BCUT2D eigenvalue weighted by Gasteiger charge is -2.24. The van der Waals surface area contributed by atoms with Gasteiger partial charge >= 0.3 is 6.03 Å². The number of aliphatic hydroxyl groups excluding tert-OH is 1. The Bertz CT molecular complexity index is 399. The molecule has 2 rings (SSSR count). The lowest BCUT2D eigenvalue weighted by atomic mass is 9.96. The first kappa shape index (κ1) is 14.9. The summed E-state index contributed by atoms with van der Waals surface area (Å²) >= 11 is 0. The Labute approximate surface area is 119 Å². The van der Waals surface area contributed by atoms with Crippen LogP contribution in [0.5, 0.6) is 0 Å². The first-order valence-corrected chi connectivity index (χ1v) is 7.43. The predicted octanol–water partition coefficient (Wildman–Crippen LogP) is 2.72. The Balaban J connectivity index is 1.70. The highest BCUT2D eigenvalue weighted by Gasteiger charge is 2.19. The smallest absolute Gasteiger partial charge is 0.315 e. The van der Waals surface area contributed by atoms with Crippen LogP contribution in [0.4, 0.5) is 4.79 Å². The van der Waals surface area contributed by atoms with Crippen molar-refractivity contribution in [3.05, 3.63) is 24.2 Å². The number of amides is 2. The predicted molar refractivity (Wildman–Crippen MR) is 76.3 cm³/mol. The van der Waals surface area contributed by atoms with Gasteiger partial charge in [-0.05, 0) is 31.9 Å². The topological polar surface area (TPSA) is 74.5 Å². The van der Waals surface area contributed by atoms with E-state index >= 15 is 0 Å². The van der Waals surface area contributed by atoms with Crippen molar-refractivity contribution >= 4 is 6.03 Å². The van der Waals surface area contributed by atoms with Gasteiger partial charge in [0.2, 0.25) is 0 Å². The highest BCUT2D eigenvalue weighted by Crippen LogP contribution is 2.19. The zero-order chi connectivity index (χ0) is 14.4. The molecule has 3 N–H and O–H groups in total. The van der Waals surface area contributed by atoms with Crippen LogP contribution >= 0.6 is 0 Å². The largest absolute Gasteiger partial charge is 0.467 e. The van der Waals surface area contributed by atoms with Crippen molar-refractivity contribution in [1.29, 1.82) is 0 Å². The van der Waals surface area contributed by atoms with Crippen LogP contribution < -0.4 is 10.6 Å². The van der Waals surface area contributed by atoms with E-state index in [9.17, 15) is 9.90 Å². The molecule has 1 aliphatic carbocycles. The van der Waals surface area contributed by atoms with Crippen molar-refractivity contribution < 1.29 is 14.3 Å². The van der Waals surface area contributed by atoms with Crippen molar-refractivity contribution in [3.8, 4) is 0 Å². The summed E-state index contributed by atoms with van der Waals surface area (Å²) in [5.41, 5.74) is 0.